The molecule has 0 saturated carbocycles. The molecule has 0 aliphatic heterocycles. The van der Waals surface area contributed by atoms with Crippen LogP contribution in [0.2, 0.25) is 0 Å². The molecule has 26 heavy (non-hydrogen) atoms. The lowest BCUT2D eigenvalue weighted by atomic mass is 10.1. The molecule has 0 bridgehead atoms. The van der Waals surface area contributed by atoms with Crippen molar-refractivity contribution >= 4 is 17.8 Å². The zero-order valence-corrected chi connectivity index (χ0v) is 15.4. The van der Waals surface area contributed by atoms with Crippen molar-refractivity contribution in [2.24, 2.45) is 5.10 Å². The summed E-state index contributed by atoms with van der Waals surface area (Å²) in [5.74, 6) is -0.212. The van der Waals surface area contributed by atoms with E-state index in [4.69, 9.17) is 0 Å². The van der Waals surface area contributed by atoms with Gasteiger partial charge in [0, 0.05) is 25.2 Å². The predicted octanol–water partition coefficient (Wildman–Crippen LogP) is 3.50. The van der Waals surface area contributed by atoms with Crippen molar-refractivity contribution in [3.05, 3.63) is 65.7 Å². The Bertz CT molecular complexity index is 695. The van der Waals surface area contributed by atoms with E-state index in [1.165, 1.54) is 5.69 Å². The van der Waals surface area contributed by atoms with Crippen LogP contribution in [0.5, 0.6) is 0 Å². The van der Waals surface area contributed by atoms with Gasteiger partial charge in [-0.3, -0.25) is 4.79 Å². The molecule has 2 aromatic rings. The van der Waals surface area contributed by atoms with Gasteiger partial charge in [0.05, 0.1) is 12.3 Å². The highest BCUT2D eigenvalue weighted by atomic mass is 16.3. The van der Waals surface area contributed by atoms with Gasteiger partial charge in [0.1, 0.15) is 0 Å². The van der Waals surface area contributed by atoms with E-state index in [1.807, 2.05) is 54.6 Å². The molecule has 1 amide bonds. The van der Waals surface area contributed by atoms with Gasteiger partial charge in [-0.25, -0.2) is 5.43 Å². The lowest BCUT2D eigenvalue weighted by Gasteiger charge is -2.20. The van der Waals surface area contributed by atoms with Crippen LogP contribution in [0.15, 0.2) is 59.7 Å². The molecule has 0 aliphatic rings. The van der Waals surface area contributed by atoms with E-state index in [-0.39, 0.29) is 12.3 Å². The van der Waals surface area contributed by atoms with Crippen LogP contribution in [0.3, 0.4) is 0 Å². The average Bonchev–Trinajstić information content (AvgIpc) is 2.69. The Kier molecular flexibility index (Phi) is 7.83. The summed E-state index contributed by atoms with van der Waals surface area (Å²) < 4.78 is 0. The molecule has 2 aromatic carbocycles. The van der Waals surface area contributed by atoms with Crippen LogP contribution in [-0.4, -0.2) is 30.3 Å². The van der Waals surface area contributed by atoms with Crippen LogP contribution >= 0.6 is 0 Å². The number of carbonyl (C=O) groups is 1. The van der Waals surface area contributed by atoms with Gasteiger partial charge in [0.2, 0.25) is 5.91 Å². The number of aliphatic hydroxyl groups is 1. The van der Waals surface area contributed by atoms with Gasteiger partial charge in [-0.2, -0.15) is 5.10 Å². The Labute approximate surface area is 155 Å². The smallest absolute Gasteiger partial charge is 0.240 e. The monoisotopic (exact) mass is 353 g/mol. The normalized spacial score (nSPS) is 12.1. The molecule has 2 rings (SSSR count). The maximum atomic E-state index is 11.8. The second-order valence-electron chi connectivity index (χ2n) is 6.02. The number of benzene rings is 2. The van der Waals surface area contributed by atoms with Gasteiger partial charge in [0.25, 0.3) is 0 Å². The van der Waals surface area contributed by atoms with Crippen molar-refractivity contribution in [3.8, 4) is 0 Å². The Morgan fingerprint density at radius 2 is 1.77 bits per heavy atom. The lowest BCUT2D eigenvalue weighted by Crippen LogP contribution is -2.21. The average molecular weight is 353 g/mol. The Morgan fingerprint density at radius 1 is 1.12 bits per heavy atom. The quantitative estimate of drug-likeness (QED) is 0.536. The molecular formula is C21H27N3O2. The molecular weight excluding hydrogens is 326 g/mol. The molecule has 5 nitrogen and oxygen atoms in total. The minimum atomic E-state index is -0.640. The van der Waals surface area contributed by atoms with Crippen LogP contribution in [0.1, 0.15) is 43.9 Å². The number of nitrogens with zero attached hydrogens (tertiary/aromatic N) is 2. The zero-order chi connectivity index (χ0) is 18.8. The molecule has 0 radical (unpaired) electrons. The number of hydrogen-bond acceptors (Lipinski definition) is 4. The molecule has 0 fully saturated rings. The van der Waals surface area contributed by atoms with Crippen LogP contribution < -0.4 is 10.3 Å². The highest BCUT2D eigenvalue weighted by Gasteiger charge is 2.09. The van der Waals surface area contributed by atoms with Crippen molar-refractivity contribution in [3.63, 3.8) is 0 Å². The number of hydrazone groups is 1. The summed E-state index contributed by atoms with van der Waals surface area (Å²) in [6.07, 6.45) is 1.56. The molecule has 1 atom stereocenters. The van der Waals surface area contributed by atoms with Crippen LogP contribution in [0.25, 0.3) is 0 Å². The SMILES string of the molecule is CCN(CC)c1ccc(/C=N\NC(=O)CC[C@@H](O)c2ccccc2)cc1. The number of aliphatic hydroxyl groups excluding tert-OH is 1. The molecule has 0 unspecified atom stereocenters. The largest absolute Gasteiger partial charge is 0.388 e. The predicted molar refractivity (Wildman–Crippen MR) is 106 cm³/mol. The van der Waals surface area contributed by atoms with Crippen LogP contribution in [-0.2, 0) is 4.79 Å². The fraction of sp³-hybridized carbons (Fsp3) is 0.333. The van der Waals surface area contributed by atoms with Crippen LogP contribution in [0.4, 0.5) is 5.69 Å². The summed E-state index contributed by atoms with van der Waals surface area (Å²) in [6, 6.07) is 17.4. The molecule has 138 valence electrons. The first-order valence-corrected chi connectivity index (χ1v) is 9.04. The molecule has 0 aliphatic carbocycles. The summed E-state index contributed by atoms with van der Waals surface area (Å²) in [5, 5.41) is 14.0. The third kappa shape index (κ3) is 6.01. The van der Waals surface area contributed by atoms with Crippen molar-refractivity contribution in [1.82, 2.24) is 5.43 Å². The first-order valence-electron chi connectivity index (χ1n) is 9.04. The maximum absolute atomic E-state index is 11.8. The summed E-state index contributed by atoms with van der Waals surface area (Å²) in [4.78, 5) is 14.1. The fourth-order valence-corrected chi connectivity index (χ4v) is 2.70. The second kappa shape index (κ2) is 10.4. The molecule has 2 N–H and O–H groups in total. The van der Waals surface area contributed by atoms with E-state index in [2.05, 4.69) is 29.3 Å². The Balaban J connectivity index is 1.78. The number of hydrogen-bond donors (Lipinski definition) is 2. The number of rotatable bonds is 9. The summed E-state index contributed by atoms with van der Waals surface area (Å²) in [5.41, 5.74) is 5.42. The van der Waals surface area contributed by atoms with Crippen molar-refractivity contribution < 1.29 is 9.90 Å². The third-order valence-corrected chi connectivity index (χ3v) is 4.25. The number of amides is 1. The minimum absolute atomic E-state index is 0.212. The maximum Gasteiger partial charge on any atom is 0.240 e. The standard InChI is InChI=1S/C21H27N3O2/c1-3-24(4-2)19-12-10-17(11-13-19)16-22-23-21(26)15-14-20(25)18-8-6-5-7-9-18/h5-13,16,20,25H,3-4,14-15H2,1-2H3,(H,23,26)/b22-16-/t20-/m1/s1. The molecule has 0 heterocycles. The molecule has 0 aromatic heterocycles. The van der Waals surface area contributed by atoms with Gasteiger partial charge < -0.3 is 10.0 Å². The summed E-state index contributed by atoms with van der Waals surface area (Å²) in [6.45, 7) is 6.19. The fourth-order valence-electron chi connectivity index (χ4n) is 2.70. The van der Waals surface area contributed by atoms with Gasteiger partial charge in [-0.1, -0.05) is 42.5 Å². The number of carbonyl (C=O) groups excluding carboxylic acids is 1. The minimum Gasteiger partial charge on any atom is -0.388 e. The van der Waals surface area contributed by atoms with E-state index in [0.29, 0.717) is 6.42 Å². The van der Waals surface area contributed by atoms with Crippen molar-refractivity contribution in [2.45, 2.75) is 32.8 Å². The van der Waals surface area contributed by atoms with E-state index in [9.17, 15) is 9.90 Å². The first kappa shape index (κ1) is 19.7. The Hall–Kier alpha value is -2.66. The number of anilines is 1. The highest BCUT2D eigenvalue weighted by Crippen LogP contribution is 2.17. The second-order valence-corrected chi connectivity index (χ2v) is 6.02. The Morgan fingerprint density at radius 3 is 2.38 bits per heavy atom. The van der Waals surface area contributed by atoms with Crippen molar-refractivity contribution in [2.75, 3.05) is 18.0 Å². The lowest BCUT2D eigenvalue weighted by molar-refractivity contribution is -0.121. The van der Waals surface area contributed by atoms with Gasteiger partial charge in [0.15, 0.2) is 0 Å². The van der Waals surface area contributed by atoms with E-state index >= 15 is 0 Å². The van der Waals surface area contributed by atoms with Gasteiger partial charge in [-0.15, -0.1) is 0 Å². The summed E-state index contributed by atoms with van der Waals surface area (Å²) >= 11 is 0. The van der Waals surface area contributed by atoms with Gasteiger partial charge in [-0.05, 0) is 43.5 Å². The van der Waals surface area contributed by atoms with Crippen molar-refractivity contribution in [1.29, 1.82) is 0 Å². The van der Waals surface area contributed by atoms with E-state index in [0.717, 1.165) is 24.2 Å². The highest BCUT2D eigenvalue weighted by molar-refractivity contribution is 5.82. The number of nitrogens with one attached hydrogen (secondary N) is 1. The first-order chi connectivity index (χ1) is 12.6. The van der Waals surface area contributed by atoms with Crippen LogP contribution in [0, 0.1) is 0 Å². The van der Waals surface area contributed by atoms with E-state index < -0.39 is 6.10 Å². The molecule has 0 saturated heterocycles. The van der Waals surface area contributed by atoms with E-state index in [1.54, 1.807) is 6.21 Å². The summed E-state index contributed by atoms with van der Waals surface area (Å²) in [7, 11) is 0. The van der Waals surface area contributed by atoms with Gasteiger partial charge >= 0.3 is 0 Å². The topological polar surface area (TPSA) is 64.9 Å². The zero-order valence-electron chi connectivity index (χ0n) is 15.4. The third-order valence-electron chi connectivity index (χ3n) is 4.25. The molecule has 0 spiro atoms. The molecule has 5 heteroatoms.